The number of rotatable bonds is 5. The molecule has 1 aliphatic heterocycles. The number of hydrogen-bond donors (Lipinski definition) is 2. The molecule has 114 valence electrons. The van der Waals surface area contributed by atoms with Gasteiger partial charge < -0.3 is 19.9 Å². The van der Waals surface area contributed by atoms with Gasteiger partial charge >= 0.3 is 0 Å². The second-order valence-corrected chi connectivity index (χ2v) is 5.80. The lowest BCUT2D eigenvalue weighted by molar-refractivity contribution is -0.117. The van der Waals surface area contributed by atoms with Crippen LogP contribution in [0.3, 0.4) is 0 Å². The Bertz CT molecular complexity index is 528. The van der Waals surface area contributed by atoms with Crippen LogP contribution in [0, 0.1) is 5.92 Å². The van der Waals surface area contributed by atoms with Gasteiger partial charge in [0.15, 0.2) is 11.5 Å². The second-order valence-electron chi connectivity index (χ2n) is 5.80. The number of aliphatic hydroxyl groups excluding tert-OH is 1. The van der Waals surface area contributed by atoms with Crippen LogP contribution in [-0.2, 0) is 4.79 Å². The van der Waals surface area contributed by atoms with Gasteiger partial charge in [-0.1, -0.05) is 0 Å². The molecule has 0 saturated heterocycles. The molecule has 6 heteroatoms. The van der Waals surface area contributed by atoms with E-state index in [2.05, 4.69) is 5.32 Å². The number of fused-ring (bicyclic) bond motifs is 1. The molecule has 1 heterocycles. The molecule has 2 N–H and O–H groups in total. The van der Waals surface area contributed by atoms with Gasteiger partial charge in [-0.2, -0.15) is 0 Å². The maximum Gasteiger partial charge on any atom is 0.238 e. The summed E-state index contributed by atoms with van der Waals surface area (Å²) >= 11 is 0. The van der Waals surface area contributed by atoms with E-state index in [0.29, 0.717) is 29.6 Å². The largest absolute Gasteiger partial charge is 0.454 e. The van der Waals surface area contributed by atoms with Gasteiger partial charge in [0.2, 0.25) is 12.7 Å². The molecule has 0 radical (unpaired) electrons. The van der Waals surface area contributed by atoms with Crippen molar-refractivity contribution in [2.75, 3.05) is 32.2 Å². The number of nitrogens with zero attached hydrogens (tertiary/aromatic N) is 1. The van der Waals surface area contributed by atoms with Crippen molar-refractivity contribution >= 4 is 11.6 Å². The fraction of sp³-hybridized carbons (Fsp3) is 0.533. The standard InChI is InChI=1S/C15H20N2O4/c1-17(7-10-4-12(18)5-10)8-15(19)16-11-2-3-13-14(6-11)21-9-20-13/h2-3,6,10,12,18H,4-5,7-9H2,1H3,(H,16,19). The van der Waals surface area contributed by atoms with E-state index < -0.39 is 0 Å². The van der Waals surface area contributed by atoms with E-state index in [0.717, 1.165) is 19.4 Å². The molecule has 1 aromatic rings. The smallest absolute Gasteiger partial charge is 0.238 e. The van der Waals surface area contributed by atoms with E-state index in [1.807, 2.05) is 11.9 Å². The van der Waals surface area contributed by atoms with Crippen LogP contribution in [0.5, 0.6) is 11.5 Å². The van der Waals surface area contributed by atoms with Gasteiger partial charge in [0.05, 0.1) is 12.6 Å². The minimum atomic E-state index is -0.147. The molecular weight excluding hydrogens is 272 g/mol. The molecule has 0 unspecified atom stereocenters. The number of benzene rings is 1. The topological polar surface area (TPSA) is 71.0 Å². The minimum Gasteiger partial charge on any atom is -0.454 e. The highest BCUT2D eigenvalue weighted by Crippen LogP contribution is 2.34. The molecule has 3 rings (SSSR count). The number of likely N-dealkylation sites (N-methyl/N-ethyl adjacent to an activating group) is 1. The Kier molecular flexibility index (Phi) is 3.98. The predicted octanol–water partition coefficient (Wildman–Crippen LogP) is 1.06. The quantitative estimate of drug-likeness (QED) is 0.849. The van der Waals surface area contributed by atoms with Crippen LogP contribution in [0.25, 0.3) is 0 Å². The average molecular weight is 292 g/mol. The summed E-state index contributed by atoms with van der Waals surface area (Å²) in [5.74, 6) is 1.80. The second kappa shape index (κ2) is 5.91. The van der Waals surface area contributed by atoms with Crippen molar-refractivity contribution in [3.8, 4) is 11.5 Å². The summed E-state index contributed by atoms with van der Waals surface area (Å²) in [6, 6.07) is 5.35. The Labute approximate surface area is 123 Å². The number of anilines is 1. The zero-order valence-corrected chi connectivity index (χ0v) is 12.0. The van der Waals surface area contributed by atoms with E-state index in [-0.39, 0.29) is 18.8 Å². The Morgan fingerprint density at radius 3 is 2.90 bits per heavy atom. The number of hydrogen-bond acceptors (Lipinski definition) is 5. The minimum absolute atomic E-state index is 0.0590. The third kappa shape index (κ3) is 3.46. The Morgan fingerprint density at radius 2 is 2.14 bits per heavy atom. The van der Waals surface area contributed by atoms with Gasteiger partial charge in [-0.15, -0.1) is 0 Å². The third-order valence-corrected chi connectivity index (χ3v) is 3.85. The number of ether oxygens (including phenoxy) is 2. The zero-order chi connectivity index (χ0) is 14.8. The first kappa shape index (κ1) is 14.2. The zero-order valence-electron chi connectivity index (χ0n) is 12.0. The van der Waals surface area contributed by atoms with Crippen molar-refractivity contribution in [1.82, 2.24) is 4.90 Å². The first-order valence-electron chi connectivity index (χ1n) is 7.16. The van der Waals surface area contributed by atoms with Gasteiger partial charge in [0.1, 0.15) is 0 Å². The van der Waals surface area contributed by atoms with E-state index >= 15 is 0 Å². The monoisotopic (exact) mass is 292 g/mol. The normalized spacial score (nSPS) is 23.0. The molecule has 1 aliphatic carbocycles. The Hall–Kier alpha value is -1.79. The molecule has 1 fully saturated rings. The highest BCUT2D eigenvalue weighted by atomic mass is 16.7. The van der Waals surface area contributed by atoms with Gasteiger partial charge in [0.25, 0.3) is 0 Å². The lowest BCUT2D eigenvalue weighted by Gasteiger charge is -2.34. The molecule has 1 saturated carbocycles. The number of carbonyl (C=O) groups is 1. The summed E-state index contributed by atoms with van der Waals surface area (Å²) in [5.41, 5.74) is 0.705. The van der Waals surface area contributed by atoms with E-state index in [1.54, 1.807) is 18.2 Å². The van der Waals surface area contributed by atoms with Crippen LogP contribution in [-0.4, -0.2) is 48.9 Å². The summed E-state index contributed by atoms with van der Waals surface area (Å²) in [6.45, 7) is 1.40. The van der Waals surface area contributed by atoms with Crippen LogP contribution >= 0.6 is 0 Å². The van der Waals surface area contributed by atoms with Crippen molar-refractivity contribution < 1.29 is 19.4 Å². The van der Waals surface area contributed by atoms with E-state index in [4.69, 9.17) is 9.47 Å². The molecule has 2 aliphatic rings. The molecule has 0 atom stereocenters. The molecule has 0 bridgehead atoms. The van der Waals surface area contributed by atoms with Gasteiger partial charge in [-0.3, -0.25) is 9.69 Å². The van der Waals surface area contributed by atoms with Crippen molar-refractivity contribution in [3.05, 3.63) is 18.2 Å². The predicted molar refractivity (Wildman–Crippen MR) is 77.4 cm³/mol. The fourth-order valence-corrected chi connectivity index (χ4v) is 2.77. The van der Waals surface area contributed by atoms with Crippen LogP contribution in [0.2, 0.25) is 0 Å². The molecule has 0 aromatic heterocycles. The lowest BCUT2D eigenvalue weighted by atomic mass is 9.82. The SMILES string of the molecule is CN(CC(=O)Nc1ccc2c(c1)OCO2)CC1CC(O)C1. The summed E-state index contributed by atoms with van der Waals surface area (Å²) in [4.78, 5) is 14.0. The van der Waals surface area contributed by atoms with Gasteiger partial charge in [-0.25, -0.2) is 0 Å². The number of aliphatic hydroxyl groups is 1. The summed E-state index contributed by atoms with van der Waals surface area (Å²) < 4.78 is 10.5. The van der Waals surface area contributed by atoms with Crippen LogP contribution in [0.4, 0.5) is 5.69 Å². The molecule has 1 amide bonds. The number of carbonyl (C=O) groups excluding carboxylic acids is 1. The molecular formula is C15H20N2O4. The van der Waals surface area contributed by atoms with E-state index in [9.17, 15) is 9.90 Å². The Morgan fingerprint density at radius 1 is 1.38 bits per heavy atom. The fourth-order valence-electron chi connectivity index (χ4n) is 2.77. The summed E-state index contributed by atoms with van der Waals surface area (Å²) in [6.07, 6.45) is 1.54. The van der Waals surface area contributed by atoms with Gasteiger partial charge in [0, 0.05) is 18.3 Å². The maximum absolute atomic E-state index is 12.0. The highest BCUT2D eigenvalue weighted by molar-refractivity contribution is 5.92. The first-order chi connectivity index (χ1) is 10.1. The van der Waals surface area contributed by atoms with Gasteiger partial charge in [-0.05, 0) is 37.9 Å². The van der Waals surface area contributed by atoms with Crippen molar-refractivity contribution in [3.63, 3.8) is 0 Å². The summed E-state index contributed by atoms with van der Waals surface area (Å²) in [5, 5.41) is 12.1. The first-order valence-corrected chi connectivity index (χ1v) is 7.16. The third-order valence-electron chi connectivity index (χ3n) is 3.85. The van der Waals surface area contributed by atoms with Crippen LogP contribution in [0.15, 0.2) is 18.2 Å². The molecule has 21 heavy (non-hydrogen) atoms. The molecule has 0 spiro atoms. The van der Waals surface area contributed by atoms with E-state index in [1.165, 1.54) is 0 Å². The summed E-state index contributed by atoms with van der Waals surface area (Å²) in [7, 11) is 1.92. The van der Waals surface area contributed by atoms with Crippen molar-refractivity contribution in [2.24, 2.45) is 5.92 Å². The lowest BCUT2D eigenvalue weighted by Crippen LogP contribution is -2.39. The van der Waals surface area contributed by atoms with Crippen LogP contribution in [0.1, 0.15) is 12.8 Å². The van der Waals surface area contributed by atoms with Crippen LogP contribution < -0.4 is 14.8 Å². The number of amides is 1. The Balaban J connectivity index is 1.47. The molecule has 6 nitrogen and oxygen atoms in total. The van der Waals surface area contributed by atoms with Crippen molar-refractivity contribution in [1.29, 1.82) is 0 Å². The number of nitrogens with one attached hydrogen (secondary N) is 1. The average Bonchev–Trinajstić information content (AvgIpc) is 2.84. The van der Waals surface area contributed by atoms with Crippen molar-refractivity contribution in [2.45, 2.75) is 18.9 Å². The highest BCUT2D eigenvalue weighted by Gasteiger charge is 2.28. The maximum atomic E-state index is 12.0. The molecule has 1 aromatic carbocycles.